The van der Waals surface area contributed by atoms with Crippen molar-refractivity contribution in [3.8, 4) is 17.2 Å². The van der Waals surface area contributed by atoms with E-state index in [0.717, 1.165) is 24.0 Å². The van der Waals surface area contributed by atoms with Crippen molar-refractivity contribution in [3.63, 3.8) is 0 Å². The molecular formula is C28H27N9O3. The number of nitrogens with two attached hydrogens (primary N) is 1. The summed E-state index contributed by atoms with van der Waals surface area (Å²) < 4.78 is 7.45. The van der Waals surface area contributed by atoms with Gasteiger partial charge in [0.2, 0.25) is 5.95 Å². The summed E-state index contributed by atoms with van der Waals surface area (Å²) in [6.45, 7) is 1.01. The normalized spacial score (nSPS) is 18.4. The number of hydrogen-bond donors (Lipinski definition) is 3. The van der Waals surface area contributed by atoms with Crippen LogP contribution in [0, 0.1) is 11.3 Å². The van der Waals surface area contributed by atoms with E-state index in [2.05, 4.69) is 25.7 Å². The molecule has 202 valence electrons. The number of benzene rings is 1. The highest BCUT2D eigenvalue weighted by atomic mass is 16.5. The first-order chi connectivity index (χ1) is 19.4. The fourth-order valence-electron chi connectivity index (χ4n) is 4.91. The zero-order chi connectivity index (χ0) is 27.8. The molecule has 0 spiro atoms. The average Bonchev–Trinajstić information content (AvgIpc) is 3.52. The van der Waals surface area contributed by atoms with Crippen LogP contribution in [0.4, 0.5) is 11.6 Å². The van der Waals surface area contributed by atoms with Crippen LogP contribution < -0.4 is 21.3 Å². The second kappa shape index (κ2) is 10.3. The first-order valence-corrected chi connectivity index (χ1v) is 12.9. The van der Waals surface area contributed by atoms with Gasteiger partial charge >= 0.3 is 0 Å². The van der Waals surface area contributed by atoms with Gasteiger partial charge < -0.3 is 26.0 Å². The molecule has 6 rings (SSSR count). The molecule has 0 radical (unpaired) electrons. The van der Waals surface area contributed by atoms with E-state index in [4.69, 9.17) is 15.7 Å². The molecule has 2 amide bonds. The first kappa shape index (κ1) is 25.3. The number of carbonyl (C=O) groups is 2. The smallest absolute Gasteiger partial charge is 0.252 e. The number of fused-ring (bicyclic) bond motifs is 1. The summed E-state index contributed by atoms with van der Waals surface area (Å²) in [5, 5.41) is 19.9. The third kappa shape index (κ3) is 4.90. The van der Waals surface area contributed by atoms with Crippen LogP contribution in [0.5, 0.6) is 0 Å². The Morgan fingerprint density at radius 2 is 1.85 bits per heavy atom. The molecule has 4 heterocycles. The lowest BCUT2D eigenvalue weighted by molar-refractivity contribution is 0.0949. The third-order valence-electron chi connectivity index (χ3n) is 7.24. The maximum absolute atomic E-state index is 12.4. The number of nitriles is 1. The second-order valence-electron chi connectivity index (χ2n) is 9.99. The van der Waals surface area contributed by atoms with E-state index in [1.807, 2.05) is 35.4 Å². The van der Waals surface area contributed by atoms with E-state index in [-0.39, 0.29) is 23.6 Å². The topological polar surface area (TPSA) is 164 Å². The van der Waals surface area contributed by atoms with Gasteiger partial charge in [-0.15, -0.1) is 0 Å². The van der Waals surface area contributed by atoms with Crippen molar-refractivity contribution in [1.29, 1.82) is 5.26 Å². The van der Waals surface area contributed by atoms with E-state index in [9.17, 15) is 9.59 Å². The molecule has 1 aliphatic carbocycles. The van der Waals surface area contributed by atoms with Gasteiger partial charge in [-0.3, -0.25) is 9.59 Å². The lowest BCUT2D eigenvalue weighted by Gasteiger charge is -2.21. The number of methoxy groups -OCH3 is 1. The number of aromatic nitrogens is 4. The lowest BCUT2D eigenvalue weighted by atomic mass is 10.1. The summed E-state index contributed by atoms with van der Waals surface area (Å²) in [6.07, 6.45) is 8.11. The molecule has 0 bridgehead atoms. The number of ether oxygens (including phenoxy) is 1. The summed E-state index contributed by atoms with van der Waals surface area (Å²) in [5.41, 5.74) is 9.98. The number of rotatable bonds is 8. The maximum atomic E-state index is 12.4. The largest absolute Gasteiger partial charge is 0.377 e. The predicted octanol–water partition coefficient (Wildman–Crippen LogP) is 1.97. The minimum absolute atomic E-state index is 0.0694. The molecule has 2 atom stereocenters. The number of nitrogens with one attached hydrogen (secondary N) is 2. The van der Waals surface area contributed by atoms with E-state index >= 15 is 0 Å². The molecule has 0 unspecified atom stereocenters. The van der Waals surface area contributed by atoms with Crippen LogP contribution in [0.3, 0.4) is 0 Å². The van der Waals surface area contributed by atoms with Crippen LogP contribution in [-0.4, -0.2) is 69.8 Å². The van der Waals surface area contributed by atoms with Crippen LogP contribution in [0.25, 0.3) is 16.6 Å². The van der Waals surface area contributed by atoms with E-state index < -0.39 is 5.91 Å². The molecule has 1 aliphatic heterocycles. The quantitative estimate of drug-likeness (QED) is 0.305. The summed E-state index contributed by atoms with van der Waals surface area (Å²) >= 11 is 0. The minimum atomic E-state index is -0.606. The number of anilines is 2. The van der Waals surface area contributed by atoms with Gasteiger partial charge in [0.1, 0.15) is 6.07 Å². The SMILES string of the molecule is CO[C@H]1CN(c2ncc(C#N)cn2)C[C@H]1Nc1c(C(N)=O)cnn2cc(-c3ccc(C(=O)NC4CC4)cc3)cc12. The molecule has 4 aromatic rings. The Balaban J connectivity index is 1.29. The summed E-state index contributed by atoms with van der Waals surface area (Å²) in [7, 11) is 1.63. The Labute approximate surface area is 229 Å². The zero-order valence-electron chi connectivity index (χ0n) is 21.7. The van der Waals surface area contributed by atoms with E-state index in [1.165, 1.54) is 18.6 Å². The van der Waals surface area contributed by atoms with Crippen LogP contribution >= 0.6 is 0 Å². The van der Waals surface area contributed by atoms with Gasteiger partial charge in [-0.05, 0) is 36.6 Å². The van der Waals surface area contributed by atoms with Gasteiger partial charge in [-0.25, -0.2) is 14.5 Å². The minimum Gasteiger partial charge on any atom is -0.377 e. The molecule has 1 saturated heterocycles. The number of primary amides is 1. The van der Waals surface area contributed by atoms with Crippen LogP contribution in [0.15, 0.2) is 55.1 Å². The Morgan fingerprint density at radius 1 is 1.10 bits per heavy atom. The highest BCUT2D eigenvalue weighted by Crippen LogP contribution is 2.31. The highest BCUT2D eigenvalue weighted by Gasteiger charge is 2.35. The molecule has 3 aromatic heterocycles. The molecule has 12 nitrogen and oxygen atoms in total. The molecule has 2 fully saturated rings. The average molecular weight is 538 g/mol. The maximum Gasteiger partial charge on any atom is 0.252 e. The van der Waals surface area contributed by atoms with Crippen LogP contribution in [0.2, 0.25) is 0 Å². The van der Waals surface area contributed by atoms with Crippen molar-refractivity contribution in [2.45, 2.75) is 31.0 Å². The van der Waals surface area contributed by atoms with Crippen molar-refractivity contribution >= 4 is 29.0 Å². The summed E-state index contributed by atoms with van der Waals surface area (Å²) in [6, 6.07) is 11.4. The Kier molecular flexibility index (Phi) is 6.49. The van der Waals surface area contributed by atoms with Crippen LogP contribution in [-0.2, 0) is 4.74 Å². The van der Waals surface area contributed by atoms with Crippen LogP contribution in [0.1, 0.15) is 39.1 Å². The highest BCUT2D eigenvalue weighted by molar-refractivity contribution is 6.02. The number of hydrogen-bond acceptors (Lipinski definition) is 9. The molecular weight excluding hydrogens is 510 g/mol. The molecule has 1 aromatic carbocycles. The summed E-state index contributed by atoms with van der Waals surface area (Å²) in [4.78, 5) is 35.3. The summed E-state index contributed by atoms with van der Waals surface area (Å²) in [5.74, 6) is -0.190. The standard InChI is InChI=1S/C28H27N9O3/c1-40-24-15-36(28-31-10-16(9-29)11-32-28)14-22(24)35-25-21(26(30)38)12-33-37-13-19(8-23(25)37)17-2-4-18(5-3-17)27(39)34-20-6-7-20/h2-5,8,10-13,20,22,24,35H,6-7,14-15H2,1H3,(H2,30,38)(H,34,39)/t22-,24+/m1/s1. The number of nitrogens with zero attached hydrogens (tertiary/aromatic N) is 6. The lowest BCUT2D eigenvalue weighted by Crippen LogP contribution is -2.34. The number of carbonyl (C=O) groups excluding carboxylic acids is 2. The molecule has 4 N–H and O–H groups in total. The monoisotopic (exact) mass is 537 g/mol. The van der Waals surface area contributed by atoms with Gasteiger partial charge in [0.25, 0.3) is 11.8 Å². The molecule has 40 heavy (non-hydrogen) atoms. The fraction of sp³-hybridized carbons (Fsp3) is 0.286. The van der Waals surface area contributed by atoms with Gasteiger partial charge in [-0.2, -0.15) is 10.4 Å². The van der Waals surface area contributed by atoms with E-state index in [1.54, 1.807) is 23.8 Å². The van der Waals surface area contributed by atoms with E-state index in [0.29, 0.717) is 47.4 Å². The van der Waals surface area contributed by atoms with Gasteiger partial charge in [0.15, 0.2) is 0 Å². The Bertz CT molecular complexity index is 1620. The third-order valence-corrected chi connectivity index (χ3v) is 7.24. The Morgan fingerprint density at radius 3 is 2.50 bits per heavy atom. The van der Waals surface area contributed by atoms with Crippen molar-refractivity contribution in [2.75, 3.05) is 30.4 Å². The molecule has 12 heteroatoms. The molecule has 2 aliphatic rings. The van der Waals surface area contributed by atoms with Gasteiger partial charge in [0.05, 0.1) is 53.1 Å². The number of amides is 2. The predicted molar refractivity (Wildman–Crippen MR) is 147 cm³/mol. The Hall–Kier alpha value is -5.02. The molecule has 1 saturated carbocycles. The second-order valence-corrected chi connectivity index (χ2v) is 9.99. The van der Waals surface area contributed by atoms with Crippen molar-refractivity contribution in [3.05, 3.63) is 71.8 Å². The fourth-order valence-corrected chi connectivity index (χ4v) is 4.91. The van der Waals surface area contributed by atoms with Crippen molar-refractivity contribution < 1.29 is 14.3 Å². The van der Waals surface area contributed by atoms with Gasteiger partial charge in [0, 0.05) is 43.6 Å². The van der Waals surface area contributed by atoms with Crippen molar-refractivity contribution in [1.82, 2.24) is 24.9 Å². The zero-order valence-corrected chi connectivity index (χ0v) is 21.7. The van der Waals surface area contributed by atoms with Gasteiger partial charge in [-0.1, -0.05) is 12.1 Å². The van der Waals surface area contributed by atoms with Crippen molar-refractivity contribution in [2.24, 2.45) is 5.73 Å². The first-order valence-electron chi connectivity index (χ1n) is 12.9.